The van der Waals surface area contributed by atoms with Crippen LogP contribution in [0.25, 0.3) is 0 Å². The third-order valence-electron chi connectivity index (χ3n) is 3.14. The SMILES string of the molecule is C[C@@H](CO)NC1CCCc2c1cnn2C. The van der Waals surface area contributed by atoms with Crippen molar-refractivity contribution in [2.45, 2.75) is 38.3 Å². The Hall–Kier alpha value is -0.870. The van der Waals surface area contributed by atoms with E-state index in [2.05, 4.69) is 10.4 Å². The number of aryl methyl sites for hydroxylation is 1. The van der Waals surface area contributed by atoms with Crippen LogP contribution in [0.5, 0.6) is 0 Å². The van der Waals surface area contributed by atoms with Gasteiger partial charge >= 0.3 is 0 Å². The highest BCUT2D eigenvalue weighted by molar-refractivity contribution is 5.24. The molecule has 0 spiro atoms. The third kappa shape index (κ3) is 2.06. The fourth-order valence-corrected chi connectivity index (χ4v) is 2.28. The summed E-state index contributed by atoms with van der Waals surface area (Å²) in [5.74, 6) is 0. The second-order valence-corrected chi connectivity index (χ2v) is 4.37. The van der Waals surface area contributed by atoms with Gasteiger partial charge in [0, 0.05) is 30.4 Å². The molecule has 2 atom stereocenters. The van der Waals surface area contributed by atoms with Crippen molar-refractivity contribution in [1.29, 1.82) is 0 Å². The molecule has 0 radical (unpaired) electrons. The predicted octanol–water partition coefficient (Wildman–Crippen LogP) is 0.768. The minimum atomic E-state index is 0.154. The standard InChI is InChI=1S/C11H19N3O/c1-8(7-15)13-10-4-3-5-11-9(10)6-12-14(11)2/h6,8,10,13,15H,3-5,7H2,1-2H3/t8-,10?/m0/s1. The zero-order valence-electron chi connectivity index (χ0n) is 9.40. The summed E-state index contributed by atoms with van der Waals surface area (Å²) in [6.45, 7) is 2.19. The van der Waals surface area contributed by atoms with E-state index >= 15 is 0 Å². The zero-order chi connectivity index (χ0) is 10.8. The fourth-order valence-electron chi connectivity index (χ4n) is 2.28. The lowest BCUT2D eigenvalue weighted by atomic mass is 9.92. The van der Waals surface area contributed by atoms with Crippen molar-refractivity contribution in [3.63, 3.8) is 0 Å². The highest BCUT2D eigenvalue weighted by Crippen LogP contribution is 2.29. The van der Waals surface area contributed by atoms with Gasteiger partial charge in [-0.15, -0.1) is 0 Å². The highest BCUT2D eigenvalue weighted by atomic mass is 16.3. The number of aromatic nitrogens is 2. The zero-order valence-corrected chi connectivity index (χ0v) is 9.40. The summed E-state index contributed by atoms with van der Waals surface area (Å²) in [6.07, 6.45) is 5.42. The van der Waals surface area contributed by atoms with E-state index in [0.717, 1.165) is 12.8 Å². The monoisotopic (exact) mass is 209 g/mol. The fraction of sp³-hybridized carbons (Fsp3) is 0.727. The van der Waals surface area contributed by atoms with Gasteiger partial charge in [-0.1, -0.05) is 0 Å². The van der Waals surface area contributed by atoms with Crippen LogP contribution in [0.4, 0.5) is 0 Å². The Kier molecular flexibility index (Phi) is 3.07. The van der Waals surface area contributed by atoms with Gasteiger partial charge in [-0.2, -0.15) is 5.10 Å². The largest absolute Gasteiger partial charge is 0.395 e. The van der Waals surface area contributed by atoms with Gasteiger partial charge in [0.15, 0.2) is 0 Å². The number of aliphatic hydroxyl groups excluding tert-OH is 1. The quantitative estimate of drug-likeness (QED) is 0.773. The number of rotatable bonds is 3. The maximum atomic E-state index is 9.04. The minimum Gasteiger partial charge on any atom is -0.395 e. The van der Waals surface area contributed by atoms with Gasteiger partial charge in [0.1, 0.15) is 0 Å². The van der Waals surface area contributed by atoms with Crippen molar-refractivity contribution >= 4 is 0 Å². The molecule has 0 fully saturated rings. The van der Waals surface area contributed by atoms with Crippen molar-refractivity contribution < 1.29 is 5.11 Å². The van der Waals surface area contributed by atoms with Crippen LogP contribution in [-0.2, 0) is 13.5 Å². The van der Waals surface area contributed by atoms with Gasteiger partial charge in [-0.25, -0.2) is 0 Å². The number of nitrogens with one attached hydrogen (secondary N) is 1. The number of hydrogen-bond donors (Lipinski definition) is 2. The van der Waals surface area contributed by atoms with Crippen LogP contribution >= 0.6 is 0 Å². The van der Waals surface area contributed by atoms with Crippen molar-refractivity contribution in [3.8, 4) is 0 Å². The molecule has 1 unspecified atom stereocenters. The van der Waals surface area contributed by atoms with Gasteiger partial charge in [0.05, 0.1) is 12.8 Å². The molecule has 15 heavy (non-hydrogen) atoms. The Balaban J connectivity index is 2.15. The topological polar surface area (TPSA) is 50.1 Å². The molecule has 0 bridgehead atoms. The summed E-state index contributed by atoms with van der Waals surface area (Å²) in [7, 11) is 2.00. The molecular formula is C11H19N3O. The molecule has 0 aromatic carbocycles. The van der Waals surface area contributed by atoms with E-state index in [-0.39, 0.29) is 12.6 Å². The molecule has 4 heteroatoms. The van der Waals surface area contributed by atoms with E-state index in [9.17, 15) is 0 Å². The number of nitrogens with zero attached hydrogens (tertiary/aromatic N) is 2. The summed E-state index contributed by atoms with van der Waals surface area (Å²) in [6, 6.07) is 0.519. The van der Waals surface area contributed by atoms with E-state index in [1.807, 2.05) is 24.9 Å². The maximum Gasteiger partial charge on any atom is 0.0582 e. The molecule has 2 rings (SSSR count). The number of aliphatic hydroxyl groups is 1. The first kappa shape index (κ1) is 10.6. The molecule has 0 aliphatic heterocycles. The molecule has 1 aliphatic carbocycles. The predicted molar refractivity (Wildman–Crippen MR) is 58.6 cm³/mol. The average Bonchev–Trinajstić information content (AvgIpc) is 2.62. The number of hydrogen-bond acceptors (Lipinski definition) is 3. The third-order valence-corrected chi connectivity index (χ3v) is 3.14. The Morgan fingerprint density at radius 3 is 3.27 bits per heavy atom. The molecule has 84 valence electrons. The summed E-state index contributed by atoms with van der Waals surface area (Å²) in [5, 5.41) is 16.8. The second-order valence-electron chi connectivity index (χ2n) is 4.37. The number of fused-ring (bicyclic) bond motifs is 1. The molecule has 1 aromatic rings. The van der Waals surface area contributed by atoms with Crippen molar-refractivity contribution in [1.82, 2.24) is 15.1 Å². The summed E-state index contributed by atoms with van der Waals surface area (Å²) in [4.78, 5) is 0. The molecular weight excluding hydrogens is 190 g/mol. The van der Waals surface area contributed by atoms with Gasteiger partial charge in [0.25, 0.3) is 0 Å². The van der Waals surface area contributed by atoms with Crippen LogP contribution in [0.3, 0.4) is 0 Å². The van der Waals surface area contributed by atoms with Crippen LogP contribution < -0.4 is 5.32 Å². The molecule has 1 aromatic heterocycles. The van der Waals surface area contributed by atoms with Crippen molar-refractivity contribution in [2.24, 2.45) is 7.05 Å². The van der Waals surface area contributed by atoms with E-state index < -0.39 is 0 Å². The molecule has 1 heterocycles. The summed E-state index contributed by atoms with van der Waals surface area (Å²) < 4.78 is 1.97. The van der Waals surface area contributed by atoms with Crippen molar-refractivity contribution in [2.75, 3.05) is 6.61 Å². The van der Waals surface area contributed by atoms with Crippen LogP contribution in [0.1, 0.15) is 37.1 Å². The van der Waals surface area contributed by atoms with Crippen LogP contribution in [0, 0.1) is 0 Å². The first-order valence-corrected chi connectivity index (χ1v) is 5.60. The summed E-state index contributed by atoms with van der Waals surface area (Å²) >= 11 is 0. The van der Waals surface area contributed by atoms with Crippen LogP contribution in [0.15, 0.2) is 6.20 Å². The lowest BCUT2D eigenvalue weighted by Gasteiger charge is -2.26. The lowest BCUT2D eigenvalue weighted by Crippen LogP contribution is -2.34. The molecule has 1 aliphatic rings. The van der Waals surface area contributed by atoms with E-state index in [4.69, 9.17) is 5.11 Å². The average molecular weight is 209 g/mol. The van der Waals surface area contributed by atoms with E-state index in [1.54, 1.807) is 0 Å². The Labute approximate surface area is 90.3 Å². The van der Waals surface area contributed by atoms with E-state index in [0.29, 0.717) is 6.04 Å². The summed E-state index contributed by atoms with van der Waals surface area (Å²) in [5.41, 5.74) is 2.65. The molecule has 0 saturated heterocycles. The minimum absolute atomic E-state index is 0.154. The van der Waals surface area contributed by atoms with Gasteiger partial charge < -0.3 is 10.4 Å². The second kappa shape index (κ2) is 4.33. The van der Waals surface area contributed by atoms with E-state index in [1.165, 1.54) is 17.7 Å². The first-order chi connectivity index (χ1) is 7.22. The molecule has 0 saturated carbocycles. The smallest absolute Gasteiger partial charge is 0.0582 e. The first-order valence-electron chi connectivity index (χ1n) is 5.60. The Morgan fingerprint density at radius 2 is 2.53 bits per heavy atom. The molecule has 4 nitrogen and oxygen atoms in total. The van der Waals surface area contributed by atoms with Crippen LogP contribution in [0.2, 0.25) is 0 Å². The lowest BCUT2D eigenvalue weighted by molar-refractivity contribution is 0.236. The normalized spacial score (nSPS) is 22.5. The Morgan fingerprint density at radius 1 is 1.73 bits per heavy atom. The Bertz CT molecular complexity index is 335. The highest BCUT2D eigenvalue weighted by Gasteiger charge is 2.23. The van der Waals surface area contributed by atoms with Gasteiger partial charge in [-0.3, -0.25) is 4.68 Å². The van der Waals surface area contributed by atoms with Crippen molar-refractivity contribution in [3.05, 3.63) is 17.5 Å². The van der Waals surface area contributed by atoms with Gasteiger partial charge in [-0.05, 0) is 26.2 Å². The van der Waals surface area contributed by atoms with Crippen LogP contribution in [-0.4, -0.2) is 27.5 Å². The molecule has 2 N–H and O–H groups in total. The maximum absolute atomic E-state index is 9.04. The van der Waals surface area contributed by atoms with Gasteiger partial charge in [0.2, 0.25) is 0 Å². The molecule has 0 amide bonds.